The lowest BCUT2D eigenvalue weighted by Crippen LogP contribution is -2.54. The Hall–Kier alpha value is -1.59. The third-order valence-electron chi connectivity index (χ3n) is 4.47. The van der Waals surface area contributed by atoms with Gasteiger partial charge in [0.2, 0.25) is 5.91 Å². The Morgan fingerprint density at radius 2 is 2.00 bits per heavy atom. The third kappa shape index (κ3) is 6.01. The molecule has 2 rings (SSSR count). The van der Waals surface area contributed by atoms with E-state index in [2.05, 4.69) is 19.2 Å². The molecule has 1 aromatic carbocycles. The maximum Gasteiger partial charge on any atom is 0.252 e. The maximum atomic E-state index is 12.9. The van der Waals surface area contributed by atoms with Crippen molar-refractivity contribution in [1.82, 2.24) is 10.2 Å². The summed E-state index contributed by atoms with van der Waals surface area (Å²) >= 11 is 0. The zero-order chi connectivity index (χ0) is 17.7. The first kappa shape index (κ1) is 21.5. The minimum absolute atomic E-state index is 0. The van der Waals surface area contributed by atoms with Gasteiger partial charge in [-0.05, 0) is 43.7 Å². The Balaban J connectivity index is 0.00000312. The number of benzene rings is 1. The Labute approximate surface area is 156 Å². The molecule has 1 heterocycles. The molecular formula is C19H30ClN3O2. The van der Waals surface area contributed by atoms with Crippen LogP contribution in [0.15, 0.2) is 24.3 Å². The highest BCUT2D eigenvalue weighted by atomic mass is 35.5. The lowest BCUT2D eigenvalue weighted by molar-refractivity contribution is -0.134. The molecule has 1 aromatic rings. The normalized spacial score (nSPS) is 18.4. The first-order valence-corrected chi connectivity index (χ1v) is 8.79. The van der Waals surface area contributed by atoms with Gasteiger partial charge in [0.25, 0.3) is 5.91 Å². The van der Waals surface area contributed by atoms with Crippen LogP contribution in [0.25, 0.3) is 0 Å². The monoisotopic (exact) mass is 367 g/mol. The van der Waals surface area contributed by atoms with E-state index < -0.39 is 6.04 Å². The number of amides is 2. The van der Waals surface area contributed by atoms with E-state index in [0.29, 0.717) is 24.4 Å². The van der Waals surface area contributed by atoms with Gasteiger partial charge in [0.05, 0.1) is 0 Å². The van der Waals surface area contributed by atoms with Crippen LogP contribution in [-0.2, 0) is 4.79 Å². The van der Waals surface area contributed by atoms with Crippen LogP contribution in [0.2, 0.25) is 0 Å². The van der Waals surface area contributed by atoms with Crippen LogP contribution >= 0.6 is 12.4 Å². The van der Waals surface area contributed by atoms with Crippen LogP contribution in [0.1, 0.15) is 49.0 Å². The van der Waals surface area contributed by atoms with Crippen molar-refractivity contribution >= 4 is 24.2 Å². The van der Waals surface area contributed by atoms with E-state index in [9.17, 15) is 9.59 Å². The van der Waals surface area contributed by atoms with E-state index in [1.807, 2.05) is 25.1 Å². The minimum atomic E-state index is -0.498. The van der Waals surface area contributed by atoms with E-state index >= 15 is 0 Å². The van der Waals surface area contributed by atoms with Crippen LogP contribution in [0.5, 0.6) is 0 Å². The van der Waals surface area contributed by atoms with Gasteiger partial charge >= 0.3 is 0 Å². The van der Waals surface area contributed by atoms with Crippen LogP contribution in [0.3, 0.4) is 0 Å². The van der Waals surface area contributed by atoms with Crippen LogP contribution in [0.4, 0.5) is 0 Å². The van der Waals surface area contributed by atoms with E-state index in [0.717, 1.165) is 24.9 Å². The molecule has 3 N–H and O–H groups in total. The van der Waals surface area contributed by atoms with Crippen molar-refractivity contribution in [1.29, 1.82) is 0 Å². The number of nitrogens with one attached hydrogen (secondary N) is 1. The molecule has 0 saturated carbocycles. The van der Waals surface area contributed by atoms with Crippen LogP contribution in [-0.4, -0.2) is 41.9 Å². The number of piperidine rings is 1. The third-order valence-corrected chi connectivity index (χ3v) is 4.47. The number of rotatable bonds is 5. The molecule has 0 aromatic heterocycles. The summed E-state index contributed by atoms with van der Waals surface area (Å²) < 4.78 is 0. The molecule has 5 nitrogen and oxygen atoms in total. The number of aryl methyl sites for hydroxylation is 1. The average molecular weight is 368 g/mol. The lowest BCUT2D eigenvalue weighted by atomic mass is 9.99. The maximum absolute atomic E-state index is 12.9. The molecule has 0 radical (unpaired) electrons. The molecular weight excluding hydrogens is 338 g/mol. The van der Waals surface area contributed by atoms with Gasteiger partial charge < -0.3 is 16.0 Å². The summed E-state index contributed by atoms with van der Waals surface area (Å²) in [4.78, 5) is 27.3. The van der Waals surface area contributed by atoms with E-state index in [1.54, 1.807) is 11.0 Å². The quantitative estimate of drug-likeness (QED) is 0.839. The molecule has 25 heavy (non-hydrogen) atoms. The number of carbonyl (C=O) groups excluding carboxylic acids is 2. The van der Waals surface area contributed by atoms with Gasteiger partial charge in [0.1, 0.15) is 6.04 Å². The summed E-state index contributed by atoms with van der Waals surface area (Å²) in [5.74, 6) is 0.115. The fourth-order valence-electron chi connectivity index (χ4n) is 3.19. The molecule has 6 heteroatoms. The summed E-state index contributed by atoms with van der Waals surface area (Å²) in [6, 6.07) is 6.97. The summed E-state index contributed by atoms with van der Waals surface area (Å²) in [5, 5.41) is 2.95. The second-order valence-corrected chi connectivity index (χ2v) is 7.16. The SMILES string of the molecule is Cc1ccccc1C(=O)NC(CC(C)C)C(=O)N1CCCC(N)C1.Cl. The smallest absolute Gasteiger partial charge is 0.252 e. The first-order valence-electron chi connectivity index (χ1n) is 8.79. The highest BCUT2D eigenvalue weighted by Crippen LogP contribution is 2.15. The lowest BCUT2D eigenvalue weighted by Gasteiger charge is -2.34. The second-order valence-electron chi connectivity index (χ2n) is 7.16. The summed E-state index contributed by atoms with van der Waals surface area (Å²) in [6.07, 6.45) is 2.50. The topological polar surface area (TPSA) is 75.4 Å². The van der Waals surface area contributed by atoms with Gasteiger partial charge in [-0.2, -0.15) is 0 Å². The van der Waals surface area contributed by atoms with E-state index in [4.69, 9.17) is 5.73 Å². The molecule has 2 atom stereocenters. The number of likely N-dealkylation sites (tertiary alicyclic amines) is 1. The summed E-state index contributed by atoms with van der Waals surface area (Å²) in [7, 11) is 0. The van der Waals surface area contributed by atoms with E-state index in [1.165, 1.54) is 0 Å². The number of hydrogen-bond acceptors (Lipinski definition) is 3. The standard InChI is InChI=1S/C19H29N3O2.ClH/c1-13(2)11-17(19(24)22-10-6-8-15(20)12-22)21-18(23)16-9-5-4-7-14(16)3;/h4-5,7,9,13,15,17H,6,8,10-12,20H2,1-3H3,(H,21,23);1H. The zero-order valence-corrected chi connectivity index (χ0v) is 16.1. The van der Waals surface area contributed by atoms with Crippen molar-refractivity contribution in [2.75, 3.05) is 13.1 Å². The fourth-order valence-corrected chi connectivity index (χ4v) is 3.19. The second kappa shape index (κ2) is 9.78. The molecule has 1 aliphatic rings. The molecule has 2 unspecified atom stereocenters. The van der Waals surface area contributed by atoms with Crippen molar-refractivity contribution in [3.8, 4) is 0 Å². The molecule has 1 saturated heterocycles. The minimum Gasteiger partial charge on any atom is -0.340 e. The molecule has 0 aliphatic carbocycles. The van der Waals surface area contributed by atoms with Gasteiger partial charge in [-0.25, -0.2) is 0 Å². The Kier molecular flexibility index (Phi) is 8.39. The summed E-state index contributed by atoms with van der Waals surface area (Å²) in [6.45, 7) is 7.32. The number of nitrogens with zero attached hydrogens (tertiary/aromatic N) is 1. The number of hydrogen-bond donors (Lipinski definition) is 2. The zero-order valence-electron chi connectivity index (χ0n) is 15.3. The Bertz CT molecular complexity index is 592. The van der Waals surface area contributed by atoms with Crippen molar-refractivity contribution < 1.29 is 9.59 Å². The van der Waals surface area contributed by atoms with Crippen molar-refractivity contribution in [2.24, 2.45) is 11.7 Å². The molecule has 140 valence electrons. The van der Waals surface area contributed by atoms with Crippen molar-refractivity contribution in [2.45, 2.75) is 52.1 Å². The van der Waals surface area contributed by atoms with Crippen LogP contribution < -0.4 is 11.1 Å². The number of nitrogens with two attached hydrogens (primary N) is 1. The molecule has 2 amide bonds. The predicted octanol–water partition coefficient (Wildman–Crippen LogP) is 2.51. The fraction of sp³-hybridized carbons (Fsp3) is 0.579. The Morgan fingerprint density at radius 1 is 1.32 bits per heavy atom. The molecule has 0 bridgehead atoms. The van der Waals surface area contributed by atoms with Gasteiger partial charge in [0.15, 0.2) is 0 Å². The van der Waals surface area contributed by atoms with Gasteiger partial charge in [-0.1, -0.05) is 32.0 Å². The van der Waals surface area contributed by atoms with Gasteiger partial charge in [0, 0.05) is 24.7 Å². The summed E-state index contributed by atoms with van der Waals surface area (Å²) in [5.41, 5.74) is 7.52. The van der Waals surface area contributed by atoms with Crippen molar-refractivity contribution in [3.63, 3.8) is 0 Å². The highest BCUT2D eigenvalue weighted by molar-refractivity contribution is 5.98. The van der Waals surface area contributed by atoms with Crippen molar-refractivity contribution in [3.05, 3.63) is 35.4 Å². The average Bonchev–Trinajstić information content (AvgIpc) is 2.53. The van der Waals surface area contributed by atoms with Gasteiger partial charge in [-0.3, -0.25) is 9.59 Å². The molecule has 1 aliphatic heterocycles. The van der Waals surface area contributed by atoms with Crippen LogP contribution in [0, 0.1) is 12.8 Å². The largest absolute Gasteiger partial charge is 0.340 e. The number of carbonyl (C=O) groups is 2. The highest BCUT2D eigenvalue weighted by Gasteiger charge is 2.29. The van der Waals surface area contributed by atoms with E-state index in [-0.39, 0.29) is 30.3 Å². The number of halogens is 1. The molecule has 1 fully saturated rings. The first-order chi connectivity index (χ1) is 11.4. The molecule has 0 spiro atoms. The predicted molar refractivity (Wildman–Crippen MR) is 103 cm³/mol. The van der Waals surface area contributed by atoms with Gasteiger partial charge in [-0.15, -0.1) is 12.4 Å². The Morgan fingerprint density at radius 3 is 2.60 bits per heavy atom.